The minimum Gasteiger partial charge on any atom is -0.389 e. The van der Waals surface area contributed by atoms with Gasteiger partial charge in [-0.3, -0.25) is 4.21 Å². The molecule has 1 aromatic rings. The summed E-state index contributed by atoms with van der Waals surface area (Å²) < 4.78 is 24.6. The number of hydrogen-bond donors (Lipinski definition) is 2. The Balaban J connectivity index is 2.77. The molecule has 6 heteroatoms. The fourth-order valence-electron chi connectivity index (χ4n) is 1.48. The zero-order valence-corrected chi connectivity index (χ0v) is 11.3. The molecule has 0 amide bonds. The van der Waals surface area contributed by atoms with E-state index in [9.17, 15) is 8.60 Å². The quantitative estimate of drug-likeness (QED) is 0.802. The van der Waals surface area contributed by atoms with Crippen LogP contribution in [0, 0.1) is 5.82 Å². The van der Waals surface area contributed by atoms with Crippen molar-refractivity contribution in [2.24, 2.45) is 5.73 Å². The van der Waals surface area contributed by atoms with Crippen molar-refractivity contribution in [3.63, 3.8) is 0 Å². The van der Waals surface area contributed by atoms with Crippen LogP contribution in [0.3, 0.4) is 0 Å². The second kappa shape index (κ2) is 6.07. The Morgan fingerprint density at radius 3 is 2.76 bits per heavy atom. The number of rotatable bonds is 5. The summed E-state index contributed by atoms with van der Waals surface area (Å²) in [4.78, 5) is 0.0387. The van der Waals surface area contributed by atoms with Crippen molar-refractivity contribution in [2.45, 2.75) is 13.0 Å². The lowest BCUT2D eigenvalue weighted by molar-refractivity contribution is 0.625. The highest BCUT2D eigenvalue weighted by Crippen LogP contribution is 2.15. The van der Waals surface area contributed by atoms with Gasteiger partial charge in [0.1, 0.15) is 10.8 Å². The van der Waals surface area contributed by atoms with Gasteiger partial charge in [-0.2, -0.15) is 0 Å². The number of nitrogens with one attached hydrogen (secondary N) is 1. The summed E-state index contributed by atoms with van der Waals surface area (Å²) in [5.41, 5.74) is 6.22. The molecule has 2 atom stereocenters. The molecule has 0 spiro atoms. The van der Waals surface area contributed by atoms with Crippen molar-refractivity contribution in [2.75, 3.05) is 17.3 Å². The highest BCUT2D eigenvalue weighted by atomic mass is 32.2. The normalized spacial score (nSPS) is 14.1. The van der Waals surface area contributed by atoms with Crippen LogP contribution in [-0.4, -0.2) is 27.2 Å². The Morgan fingerprint density at radius 1 is 1.65 bits per heavy atom. The van der Waals surface area contributed by atoms with Crippen LogP contribution in [0.5, 0.6) is 0 Å². The third-order valence-corrected chi connectivity index (χ3v) is 3.32. The van der Waals surface area contributed by atoms with Crippen LogP contribution in [0.15, 0.2) is 18.2 Å². The first-order chi connectivity index (χ1) is 7.90. The molecule has 3 N–H and O–H groups in total. The van der Waals surface area contributed by atoms with E-state index >= 15 is 0 Å². The Bertz CT molecular complexity index is 451. The molecule has 94 valence electrons. The highest BCUT2D eigenvalue weighted by molar-refractivity contribution is 7.84. The van der Waals surface area contributed by atoms with Gasteiger partial charge in [-0.15, -0.1) is 0 Å². The number of thiocarbonyl (C=S) groups is 1. The number of nitrogens with two attached hydrogens (primary N) is 1. The molecule has 17 heavy (non-hydrogen) atoms. The summed E-state index contributed by atoms with van der Waals surface area (Å²) in [5.74, 6) is 0.0610. The van der Waals surface area contributed by atoms with Gasteiger partial charge in [0.15, 0.2) is 0 Å². The number of hydrogen-bond acceptors (Lipinski definition) is 3. The largest absolute Gasteiger partial charge is 0.389 e. The molecule has 3 nitrogen and oxygen atoms in total. The van der Waals surface area contributed by atoms with Gasteiger partial charge in [0.05, 0.1) is 0 Å². The van der Waals surface area contributed by atoms with Crippen LogP contribution in [0.1, 0.15) is 12.5 Å². The number of halogens is 1. The Labute approximate surface area is 108 Å². The second-order valence-corrected chi connectivity index (χ2v) is 5.76. The van der Waals surface area contributed by atoms with Gasteiger partial charge in [0, 0.05) is 40.1 Å². The highest BCUT2D eigenvalue weighted by Gasteiger charge is 2.08. The molecule has 0 saturated carbocycles. The van der Waals surface area contributed by atoms with Crippen molar-refractivity contribution in [1.29, 1.82) is 0 Å². The van der Waals surface area contributed by atoms with Gasteiger partial charge in [-0.05, 0) is 25.1 Å². The van der Waals surface area contributed by atoms with E-state index in [2.05, 4.69) is 5.32 Å². The van der Waals surface area contributed by atoms with Crippen molar-refractivity contribution in [1.82, 2.24) is 0 Å². The lowest BCUT2D eigenvalue weighted by Crippen LogP contribution is -2.22. The fourth-order valence-corrected chi connectivity index (χ4v) is 2.44. The molecule has 0 aromatic heterocycles. The summed E-state index contributed by atoms with van der Waals surface area (Å²) in [5, 5.41) is 3.06. The van der Waals surface area contributed by atoms with Crippen LogP contribution < -0.4 is 11.1 Å². The van der Waals surface area contributed by atoms with Crippen molar-refractivity contribution >= 4 is 33.7 Å². The van der Waals surface area contributed by atoms with Gasteiger partial charge in [0.2, 0.25) is 0 Å². The average Bonchev–Trinajstić information content (AvgIpc) is 2.15. The fraction of sp³-hybridized carbons (Fsp3) is 0.364. The molecule has 0 radical (unpaired) electrons. The first kappa shape index (κ1) is 14.1. The third kappa shape index (κ3) is 4.40. The smallest absolute Gasteiger partial charge is 0.135 e. The van der Waals surface area contributed by atoms with E-state index < -0.39 is 16.6 Å². The average molecular weight is 274 g/mol. The van der Waals surface area contributed by atoms with E-state index in [4.69, 9.17) is 18.0 Å². The molecule has 0 aliphatic carbocycles. The Kier molecular flexibility index (Phi) is 5.02. The van der Waals surface area contributed by atoms with Crippen LogP contribution in [0.25, 0.3) is 0 Å². The summed E-state index contributed by atoms with van der Waals surface area (Å²) in [7, 11) is -0.883. The zero-order chi connectivity index (χ0) is 13.0. The lowest BCUT2D eigenvalue weighted by atomic mass is 10.2. The van der Waals surface area contributed by atoms with Crippen LogP contribution in [0.4, 0.5) is 10.1 Å². The molecule has 0 heterocycles. The molecule has 0 aliphatic heterocycles. The van der Waals surface area contributed by atoms with E-state index in [1.54, 1.807) is 12.3 Å². The van der Waals surface area contributed by atoms with Crippen LogP contribution in [-0.2, 0) is 10.8 Å². The molecule has 2 unspecified atom stereocenters. The van der Waals surface area contributed by atoms with Gasteiger partial charge in [0.25, 0.3) is 0 Å². The van der Waals surface area contributed by atoms with E-state index in [0.29, 0.717) is 11.4 Å². The first-order valence-corrected chi connectivity index (χ1v) is 7.19. The van der Waals surface area contributed by atoms with Gasteiger partial charge < -0.3 is 11.1 Å². The Hall–Kier alpha value is -1.01. The van der Waals surface area contributed by atoms with Crippen molar-refractivity contribution < 1.29 is 8.60 Å². The number of benzene rings is 1. The van der Waals surface area contributed by atoms with Crippen LogP contribution >= 0.6 is 12.2 Å². The molecule has 0 saturated heterocycles. The lowest BCUT2D eigenvalue weighted by Gasteiger charge is -2.14. The van der Waals surface area contributed by atoms with Crippen molar-refractivity contribution in [3.05, 3.63) is 29.6 Å². The minimum absolute atomic E-state index is 0.0101. The first-order valence-electron chi connectivity index (χ1n) is 5.06. The van der Waals surface area contributed by atoms with E-state index in [-0.39, 0.29) is 16.6 Å². The Morgan fingerprint density at radius 2 is 2.29 bits per heavy atom. The molecule has 0 aliphatic rings. The summed E-state index contributed by atoms with van der Waals surface area (Å²) in [6.07, 6.45) is 1.63. The molecule has 0 fully saturated rings. The second-order valence-electron chi connectivity index (χ2n) is 3.84. The van der Waals surface area contributed by atoms with Gasteiger partial charge in [-0.1, -0.05) is 12.2 Å². The maximum atomic E-state index is 13.5. The molecular formula is C11H15FN2OS2. The predicted molar refractivity (Wildman–Crippen MR) is 74.3 cm³/mol. The van der Waals surface area contributed by atoms with E-state index in [1.165, 1.54) is 12.1 Å². The monoisotopic (exact) mass is 274 g/mol. The maximum Gasteiger partial charge on any atom is 0.135 e. The van der Waals surface area contributed by atoms with Crippen LogP contribution in [0.2, 0.25) is 0 Å². The SMILES string of the molecule is CC(CS(C)=O)Nc1ccc(C(N)=S)c(F)c1. The standard InChI is InChI=1S/C11H15FN2OS2/c1-7(6-17(2)15)14-8-3-4-9(11(13)16)10(12)5-8/h3-5,7,14H,6H2,1-2H3,(H2,13,16). The maximum absolute atomic E-state index is 13.5. The summed E-state index contributed by atoms with van der Waals surface area (Å²) in [6.45, 7) is 1.89. The molecule has 1 rings (SSSR count). The molecule has 1 aromatic carbocycles. The molecular weight excluding hydrogens is 259 g/mol. The van der Waals surface area contributed by atoms with E-state index in [1.807, 2.05) is 6.92 Å². The topological polar surface area (TPSA) is 55.1 Å². The number of anilines is 1. The summed E-state index contributed by atoms with van der Waals surface area (Å²) >= 11 is 4.71. The summed E-state index contributed by atoms with van der Waals surface area (Å²) in [6, 6.07) is 4.59. The van der Waals surface area contributed by atoms with Gasteiger partial charge in [-0.25, -0.2) is 4.39 Å². The minimum atomic E-state index is -0.883. The molecule has 0 bridgehead atoms. The van der Waals surface area contributed by atoms with Gasteiger partial charge >= 0.3 is 0 Å². The third-order valence-electron chi connectivity index (χ3n) is 2.13. The zero-order valence-electron chi connectivity index (χ0n) is 9.70. The van der Waals surface area contributed by atoms with E-state index in [0.717, 1.165) is 0 Å². The van der Waals surface area contributed by atoms with Crippen molar-refractivity contribution in [3.8, 4) is 0 Å². The predicted octanol–water partition coefficient (Wildman–Crippen LogP) is 1.64.